The Morgan fingerprint density at radius 2 is 2.07 bits per heavy atom. The lowest BCUT2D eigenvalue weighted by atomic mass is 10.2. The second kappa shape index (κ2) is 3.21. The van der Waals surface area contributed by atoms with Gasteiger partial charge in [-0.1, -0.05) is 0 Å². The Hall–Kier alpha value is -1.72. The first-order valence-electron chi connectivity index (χ1n) is 3.57. The predicted octanol–water partition coefficient (Wildman–Crippen LogP) is 1.82. The van der Waals surface area contributed by atoms with Gasteiger partial charge in [-0.2, -0.15) is 8.78 Å². The second-order valence-electron chi connectivity index (χ2n) is 2.72. The fourth-order valence-electron chi connectivity index (χ4n) is 0.784. The lowest BCUT2D eigenvalue weighted by Gasteiger charge is -2.04. The van der Waals surface area contributed by atoms with E-state index in [1.807, 2.05) is 0 Å². The molecule has 0 aromatic carbocycles. The number of hydrogen-bond acceptors (Lipinski definition) is 3. The Balaban J connectivity index is 2.99. The Bertz CT molecular complexity index is 375. The molecule has 0 aliphatic carbocycles. The molecule has 76 valence electrons. The molecule has 4 nitrogen and oxygen atoms in total. The van der Waals surface area contributed by atoms with E-state index in [9.17, 15) is 18.4 Å². The number of carboxylic acids is 1. The minimum Gasteiger partial charge on any atom is -0.478 e. The van der Waals surface area contributed by atoms with Gasteiger partial charge in [-0.05, 0) is 0 Å². The van der Waals surface area contributed by atoms with Gasteiger partial charge in [0, 0.05) is 13.0 Å². The summed E-state index contributed by atoms with van der Waals surface area (Å²) in [5.41, 5.74) is -0.336. The van der Waals surface area contributed by atoms with Crippen LogP contribution in [0.15, 0.2) is 16.7 Å². The van der Waals surface area contributed by atoms with Gasteiger partial charge in [0.2, 0.25) is 0 Å². The third-order valence-corrected chi connectivity index (χ3v) is 1.47. The van der Waals surface area contributed by atoms with Crippen molar-refractivity contribution in [1.29, 1.82) is 0 Å². The molecule has 6 heteroatoms. The van der Waals surface area contributed by atoms with Crippen molar-refractivity contribution in [2.24, 2.45) is 0 Å². The molecule has 0 bridgehead atoms. The standard InChI is InChI=1S/C8H6F2O4/c1-8(9,10)6(11)5-2-4(3-14-5)7(12)13/h2-3H,1H3,(H,12,13). The van der Waals surface area contributed by atoms with Gasteiger partial charge in [0.25, 0.3) is 5.78 Å². The van der Waals surface area contributed by atoms with Crippen LogP contribution >= 0.6 is 0 Å². The lowest BCUT2D eigenvalue weighted by molar-refractivity contribution is 0.0195. The Kier molecular flexibility index (Phi) is 2.37. The molecule has 0 aliphatic rings. The third kappa shape index (κ3) is 1.95. The molecule has 0 aliphatic heterocycles. The van der Waals surface area contributed by atoms with Crippen molar-refractivity contribution >= 4 is 11.8 Å². The highest BCUT2D eigenvalue weighted by Gasteiger charge is 2.35. The van der Waals surface area contributed by atoms with Crippen molar-refractivity contribution in [3.63, 3.8) is 0 Å². The second-order valence-corrected chi connectivity index (χ2v) is 2.72. The Morgan fingerprint density at radius 3 is 2.43 bits per heavy atom. The molecular formula is C8H6F2O4. The van der Waals surface area contributed by atoms with Crippen molar-refractivity contribution in [2.75, 3.05) is 0 Å². The first kappa shape index (κ1) is 10.4. The number of alkyl halides is 2. The highest BCUT2D eigenvalue weighted by Crippen LogP contribution is 2.20. The van der Waals surface area contributed by atoms with Gasteiger partial charge >= 0.3 is 11.9 Å². The van der Waals surface area contributed by atoms with Gasteiger partial charge in [0.05, 0.1) is 5.56 Å². The van der Waals surface area contributed by atoms with Crippen LogP contribution in [0.1, 0.15) is 27.8 Å². The van der Waals surface area contributed by atoms with E-state index >= 15 is 0 Å². The average molecular weight is 204 g/mol. The summed E-state index contributed by atoms with van der Waals surface area (Å²) >= 11 is 0. The number of halogens is 2. The molecule has 1 aromatic heterocycles. The number of ketones is 1. The van der Waals surface area contributed by atoms with Crippen LogP contribution in [-0.2, 0) is 0 Å². The number of aromatic carboxylic acids is 1. The summed E-state index contributed by atoms with van der Waals surface area (Å²) in [6, 6.07) is 0.766. The molecule has 0 fully saturated rings. The molecule has 14 heavy (non-hydrogen) atoms. The molecule has 1 rings (SSSR count). The van der Waals surface area contributed by atoms with Crippen LogP contribution in [0.4, 0.5) is 8.78 Å². The molecule has 1 N–H and O–H groups in total. The maximum Gasteiger partial charge on any atom is 0.338 e. The number of rotatable bonds is 3. The quantitative estimate of drug-likeness (QED) is 0.762. The van der Waals surface area contributed by atoms with E-state index in [1.54, 1.807) is 0 Å². The van der Waals surface area contributed by atoms with Crippen molar-refractivity contribution < 1.29 is 27.9 Å². The monoisotopic (exact) mass is 204 g/mol. The Morgan fingerprint density at radius 1 is 1.50 bits per heavy atom. The molecule has 0 saturated heterocycles. The zero-order chi connectivity index (χ0) is 10.9. The molecule has 1 heterocycles. The average Bonchev–Trinajstić information content (AvgIpc) is 2.48. The molecule has 1 aromatic rings. The van der Waals surface area contributed by atoms with E-state index in [4.69, 9.17) is 5.11 Å². The summed E-state index contributed by atoms with van der Waals surface area (Å²) < 4.78 is 29.3. The maximum atomic E-state index is 12.5. The number of carboxylic acid groups (broad SMARTS) is 1. The number of carbonyl (C=O) groups excluding carboxylic acids is 1. The van der Waals surface area contributed by atoms with Gasteiger partial charge in [0.1, 0.15) is 6.26 Å². The zero-order valence-electron chi connectivity index (χ0n) is 7.08. The van der Waals surface area contributed by atoms with Crippen LogP contribution in [0.5, 0.6) is 0 Å². The number of Topliss-reactive ketones (excluding diaryl/α,β-unsaturated/α-hetero) is 1. The SMILES string of the molecule is CC(F)(F)C(=O)c1cc(C(=O)O)co1. The van der Waals surface area contributed by atoms with Crippen LogP contribution in [0, 0.1) is 0 Å². The summed E-state index contributed by atoms with van der Waals surface area (Å²) in [5, 5.41) is 8.42. The van der Waals surface area contributed by atoms with Gasteiger partial charge in [0.15, 0.2) is 5.76 Å². The number of carbonyl (C=O) groups is 2. The third-order valence-electron chi connectivity index (χ3n) is 1.47. The number of hydrogen-bond donors (Lipinski definition) is 1. The van der Waals surface area contributed by atoms with Gasteiger partial charge in [-0.25, -0.2) is 4.79 Å². The first-order valence-corrected chi connectivity index (χ1v) is 3.57. The van der Waals surface area contributed by atoms with Crippen LogP contribution < -0.4 is 0 Å². The first-order chi connectivity index (χ1) is 6.32. The Labute approximate surface area is 77.1 Å². The highest BCUT2D eigenvalue weighted by atomic mass is 19.3. The predicted molar refractivity (Wildman–Crippen MR) is 40.6 cm³/mol. The maximum absolute atomic E-state index is 12.5. The van der Waals surface area contributed by atoms with Crippen molar-refractivity contribution in [1.82, 2.24) is 0 Å². The molecule has 0 spiro atoms. The van der Waals surface area contributed by atoms with E-state index in [1.165, 1.54) is 0 Å². The van der Waals surface area contributed by atoms with Crippen LogP contribution in [0.2, 0.25) is 0 Å². The minimum absolute atomic E-state index is 0.336. The van der Waals surface area contributed by atoms with Gasteiger partial charge in [-0.3, -0.25) is 4.79 Å². The summed E-state index contributed by atoms with van der Waals surface area (Å²) in [6.07, 6.45) is 0.737. The summed E-state index contributed by atoms with van der Waals surface area (Å²) in [7, 11) is 0. The van der Waals surface area contributed by atoms with Crippen LogP contribution in [0.3, 0.4) is 0 Å². The zero-order valence-corrected chi connectivity index (χ0v) is 7.08. The number of furan rings is 1. The molecule has 0 radical (unpaired) electrons. The summed E-state index contributed by atoms with van der Waals surface area (Å²) in [4.78, 5) is 21.2. The molecule has 0 amide bonds. The molecular weight excluding hydrogens is 198 g/mol. The minimum atomic E-state index is -3.56. The fraction of sp³-hybridized carbons (Fsp3) is 0.250. The van der Waals surface area contributed by atoms with Crippen LogP contribution in [-0.4, -0.2) is 22.8 Å². The van der Waals surface area contributed by atoms with Crippen LogP contribution in [0.25, 0.3) is 0 Å². The van der Waals surface area contributed by atoms with Crippen molar-refractivity contribution in [3.8, 4) is 0 Å². The normalized spacial score (nSPS) is 11.4. The van der Waals surface area contributed by atoms with E-state index in [0.29, 0.717) is 6.92 Å². The smallest absolute Gasteiger partial charge is 0.338 e. The van der Waals surface area contributed by atoms with Crippen molar-refractivity contribution in [3.05, 3.63) is 23.7 Å². The summed E-state index contributed by atoms with van der Waals surface area (Å²) in [5.74, 6) is -7.10. The summed E-state index contributed by atoms with van der Waals surface area (Å²) in [6.45, 7) is 0.415. The van der Waals surface area contributed by atoms with Gasteiger partial charge < -0.3 is 9.52 Å². The molecule has 0 unspecified atom stereocenters. The van der Waals surface area contributed by atoms with E-state index in [2.05, 4.69) is 4.42 Å². The molecule has 0 saturated carbocycles. The largest absolute Gasteiger partial charge is 0.478 e. The molecule has 0 atom stereocenters. The topological polar surface area (TPSA) is 67.5 Å². The van der Waals surface area contributed by atoms with E-state index < -0.39 is 23.4 Å². The highest BCUT2D eigenvalue weighted by molar-refractivity contribution is 6.00. The van der Waals surface area contributed by atoms with Crippen molar-refractivity contribution in [2.45, 2.75) is 12.8 Å². The van der Waals surface area contributed by atoms with E-state index in [0.717, 1.165) is 12.3 Å². The fourth-order valence-corrected chi connectivity index (χ4v) is 0.784. The lowest BCUT2D eigenvalue weighted by Crippen LogP contribution is -2.23. The van der Waals surface area contributed by atoms with E-state index in [-0.39, 0.29) is 5.56 Å². The van der Waals surface area contributed by atoms with Gasteiger partial charge in [-0.15, -0.1) is 0 Å².